The van der Waals surface area contributed by atoms with E-state index in [-0.39, 0.29) is 11.7 Å². The number of nitrogens with zero attached hydrogens (tertiary/aromatic N) is 1. The van der Waals surface area contributed by atoms with E-state index in [1.54, 1.807) is 18.2 Å². The zero-order chi connectivity index (χ0) is 23.1. The molecule has 32 heavy (non-hydrogen) atoms. The van der Waals surface area contributed by atoms with Crippen LogP contribution in [0, 0.1) is 12.8 Å². The SMILES string of the molecule is C/C=C/C(=N\NCc1cc(Cl)ccc1OCC(C)C)NC(=O)c1oc2ccccc2c1C. The summed E-state index contributed by atoms with van der Waals surface area (Å²) in [6, 6.07) is 13.0. The summed E-state index contributed by atoms with van der Waals surface area (Å²) < 4.78 is 11.6. The molecule has 0 unspecified atom stereocenters. The Bertz CT molecular complexity index is 1150. The number of carbonyl (C=O) groups excluding carboxylic acids is 1. The van der Waals surface area contributed by atoms with E-state index in [9.17, 15) is 4.79 Å². The van der Waals surface area contributed by atoms with Gasteiger partial charge < -0.3 is 19.9 Å². The maximum absolute atomic E-state index is 12.8. The molecule has 1 aromatic heterocycles. The van der Waals surface area contributed by atoms with E-state index in [4.69, 9.17) is 20.8 Å². The van der Waals surface area contributed by atoms with Gasteiger partial charge in [-0.05, 0) is 50.1 Å². The van der Waals surface area contributed by atoms with Crippen LogP contribution in [-0.2, 0) is 6.54 Å². The van der Waals surface area contributed by atoms with Gasteiger partial charge in [-0.2, -0.15) is 5.10 Å². The van der Waals surface area contributed by atoms with Crippen molar-refractivity contribution in [3.63, 3.8) is 0 Å². The summed E-state index contributed by atoms with van der Waals surface area (Å²) in [4.78, 5) is 12.8. The van der Waals surface area contributed by atoms with Crippen LogP contribution in [0.25, 0.3) is 11.0 Å². The molecule has 7 heteroatoms. The van der Waals surface area contributed by atoms with Gasteiger partial charge in [-0.15, -0.1) is 0 Å². The van der Waals surface area contributed by atoms with Gasteiger partial charge in [0.25, 0.3) is 5.91 Å². The topological polar surface area (TPSA) is 75.9 Å². The first-order valence-corrected chi connectivity index (χ1v) is 10.9. The second kappa shape index (κ2) is 10.9. The summed E-state index contributed by atoms with van der Waals surface area (Å²) in [5.74, 6) is 1.43. The maximum atomic E-state index is 12.8. The summed E-state index contributed by atoms with van der Waals surface area (Å²) >= 11 is 6.16. The summed E-state index contributed by atoms with van der Waals surface area (Å²) in [5.41, 5.74) is 5.33. The Morgan fingerprint density at radius 3 is 2.75 bits per heavy atom. The van der Waals surface area contributed by atoms with Crippen molar-refractivity contribution in [3.05, 3.63) is 76.5 Å². The van der Waals surface area contributed by atoms with Crippen molar-refractivity contribution in [1.82, 2.24) is 10.7 Å². The van der Waals surface area contributed by atoms with Crippen LogP contribution in [-0.4, -0.2) is 18.3 Å². The van der Waals surface area contributed by atoms with E-state index in [0.29, 0.717) is 35.5 Å². The maximum Gasteiger partial charge on any atom is 0.292 e. The molecule has 1 amide bonds. The number of carbonyl (C=O) groups is 1. The van der Waals surface area contributed by atoms with Gasteiger partial charge in [-0.25, -0.2) is 0 Å². The molecule has 0 aliphatic carbocycles. The summed E-state index contributed by atoms with van der Waals surface area (Å²) in [7, 11) is 0. The van der Waals surface area contributed by atoms with Gasteiger partial charge in [0.1, 0.15) is 11.3 Å². The number of aryl methyl sites for hydroxylation is 1. The van der Waals surface area contributed by atoms with Crippen molar-refractivity contribution in [1.29, 1.82) is 0 Å². The number of rotatable bonds is 8. The molecule has 0 saturated heterocycles. The van der Waals surface area contributed by atoms with Crippen LogP contribution in [0.1, 0.15) is 42.5 Å². The molecule has 3 aromatic rings. The number of halogens is 1. The largest absolute Gasteiger partial charge is 0.493 e. The Hall–Kier alpha value is -3.25. The number of hydrogen-bond donors (Lipinski definition) is 2. The van der Waals surface area contributed by atoms with Crippen LogP contribution in [0.15, 0.2) is 64.1 Å². The van der Waals surface area contributed by atoms with Crippen LogP contribution < -0.4 is 15.5 Å². The summed E-state index contributed by atoms with van der Waals surface area (Å²) in [6.45, 7) is 8.89. The first-order chi connectivity index (χ1) is 15.4. The molecule has 6 nitrogen and oxygen atoms in total. The van der Waals surface area contributed by atoms with E-state index < -0.39 is 0 Å². The molecule has 0 saturated carbocycles. The lowest BCUT2D eigenvalue weighted by atomic mass is 10.1. The third-order valence-corrected chi connectivity index (χ3v) is 4.91. The van der Waals surface area contributed by atoms with E-state index in [0.717, 1.165) is 22.3 Å². The van der Waals surface area contributed by atoms with Crippen LogP contribution in [0.2, 0.25) is 5.02 Å². The number of hydrazone groups is 1. The Morgan fingerprint density at radius 1 is 1.25 bits per heavy atom. The zero-order valence-corrected chi connectivity index (χ0v) is 19.5. The second-order valence-electron chi connectivity index (χ2n) is 7.80. The number of hydrogen-bond acceptors (Lipinski definition) is 5. The zero-order valence-electron chi connectivity index (χ0n) is 18.7. The number of benzene rings is 2. The van der Waals surface area contributed by atoms with Crippen LogP contribution >= 0.6 is 11.6 Å². The highest BCUT2D eigenvalue weighted by molar-refractivity contribution is 6.30. The monoisotopic (exact) mass is 453 g/mol. The number of amides is 1. The average molecular weight is 454 g/mol. The molecule has 0 aliphatic heterocycles. The standard InChI is InChI=1S/C25H28ClN3O3/c1-5-8-23(28-25(30)24-17(4)20-9-6-7-10-22(20)32-24)29-27-14-18-13-19(26)11-12-21(18)31-15-16(2)3/h5-13,16,27H,14-15H2,1-4H3,(H,28,29,30)/b8-5+. The predicted molar refractivity (Wildman–Crippen MR) is 129 cm³/mol. The summed E-state index contributed by atoms with van der Waals surface area (Å²) in [5, 5.41) is 8.66. The minimum absolute atomic E-state index is 0.266. The lowest BCUT2D eigenvalue weighted by molar-refractivity contribution is 0.0951. The van der Waals surface area contributed by atoms with Crippen molar-refractivity contribution in [2.24, 2.45) is 11.0 Å². The van der Waals surface area contributed by atoms with E-state index in [1.807, 2.05) is 50.2 Å². The first-order valence-electron chi connectivity index (χ1n) is 10.5. The second-order valence-corrected chi connectivity index (χ2v) is 8.23. The lowest BCUT2D eigenvalue weighted by Crippen LogP contribution is -2.31. The average Bonchev–Trinajstić information content (AvgIpc) is 3.10. The molecule has 0 radical (unpaired) electrons. The van der Waals surface area contributed by atoms with Gasteiger partial charge in [0, 0.05) is 21.5 Å². The minimum Gasteiger partial charge on any atom is -0.493 e. The molecular weight excluding hydrogens is 426 g/mol. The van der Waals surface area contributed by atoms with Crippen molar-refractivity contribution >= 4 is 34.3 Å². The van der Waals surface area contributed by atoms with Crippen molar-refractivity contribution in [2.45, 2.75) is 34.2 Å². The molecule has 3 rings (SSSR count). The molecule has 2 aromatic carbocycles. The first kappa shape index (κ1) is 23.4. The van der Waals surface area contributed by atoms with Gasteiger partial charge >= 0.3 is 0 Å². The smallest absolute Gasteiger partial charge is 0.292 e. The fraction of sp³-hybridized carbons (Fsp3) is 0.280. The number of nitrogens with one attached hydrogen (secondary N) is 2. The molecule has 0 atom stereocenters. The highest BCUT2D eigenvalue weighted by Crippen LogP contribution is 2.25. The Morgan fingerprint density at radius 2 is 2.03 bits per heavy atom. The van der Waals surface area contributed by atoms with Crippen LogP contribution in [0.5, 0.6) is 5.75 Å². The van der Waals surface area contributed by atoms with E-state index >= 15 is 0 Å². The molecule has 168 valence electrons. The van der Waals surface area contributed by atoms with Crippen molar-refractivity contribution < 1.29 is 13.9 Å². The van der Waals surface area contributed by atoms with Gasteiger partial charge in [0.05, 0.1) is 13.2 Å². The quantitative estimate of drug-likeness (QED) is 0.255. The van der Waals surface area contributed by atoms with Crippen LogP contribution in [0.4, 0.5) is 0 Å². The molecule has 0 fully saturated rings. The lowest BCUT2D eigenvalue weighted by Gasteiger charge is -2.13. The molecule has 0 spiro atoms. The number of ether oxygens (including phenoxy) is 1. The third kappa shape index (κ3) is 5.92. The van der Waals surface area contributed by atoms with Gasteiger partial charge in [-0.1, -0.05) is 49.7 Å². The molecule has 1 heterocycles. The number of para-hydroxylation sites is 1. The fourth-order valence-electron chi connectivity index (χ4n) is 3.12. The van der Waals surface area contributed by atoms with Gasteiger partial charge in [0.15, 0.2) is 11.6 Å². The van der Waals surface area contributed by atoms with Crippen LogP contribution in [0.3, 0.4) is 0 Å². The summed E-state index contributed by atoms with van der Waals surface area (Å²) in [6.07, 6.45) is 3.50. The molecule has 2 N–H and O–H groups in total. The highest BCUT2D eigenvalue weighted by atomic mass is 35.5. The molecule has 0 aliphatic rings. The third-order valence-electron chi connectivity index (χ3n) is 4.68. The van der Waals surface area contributed by atoms with E-state index in [2.05, 4.69) is 29.7 Å². The Kier molecular flexibility index (Phi) is 7.95. The normalized spacial score (nSPS) is 12.0. The Labute approximate surface area is 193 Å². The van der Waals surface area contributed by atoms with Crippen molar-refractivity contribution in [3.8, 4) is 5.75 Å². The predicted octanol–water partition coefficient (Wildman–Crippen LogP) is 5.84. The number of allylic oxidation sites excluding steroid dienone is 1. The minimum atomic E-state index is -0.360. The molecule has 0 bridgehead atoms. The number of furan rings is 1. The highest BCUT2D eigenvalue weighted by Gasteiger charge is 2.18. The Balaban J connectivity index is 1.72. The van der Waals surface area contributed by atoms with Gasteiger partial charge in [0.2, 0.25) is 0 Å². The van der Waals surface area contributed by atoms with Crippen molar-refractivity contribution in [2.75, 3.05) is 6.61 Å². The van der Waals surface area contributed by atoms with Gasteiger partial charge in [-0.3, -0.25) is 4.79 Å². The fourth-order valence-corrected chi connectivity index (χ4v) is 3.32. The number of amidine groups is 1. The number of fused-ring (bicyclic) bond motifs is 1. The molecular formula is C25H28ClN3O3. The van der Waals surface area contributed by atoms with E-state index in [1.165, 1.54) is 0 Å².